The zero-order valence-corrected chi connectivity index (χ0v) is 13.4. The standard InChI is InChI=1S/C17H12BrN3O/c1-22-14-6-7-15-16(8-14)20-10-11(9-19)17(15)21-13-4-2-12(18)3-5-13/h2-8,10H,1H3,(H,20,21). The van der Waals surface area contributed by atoms with Gasteiger partial charge in [0.25, 0.3) is 0 Å². The predicted molar refractivity (Wildman–Crippen MR) is 90.4 cm³/mol. The number of nitrogens with zero attached hydrogens (tertiary/aromatic N) is 2. The molecule has 0 amide bonds. The Morgan fingerprint density at radius 1 is 1.18 bits per heavy atom. The Morgan fingerprint density at radius 3 is 2.64 bits per heavy atom. The van der Waals surface area contributed by atoms with Crippen LogP contribution in [-0.4, -0.2) is 12.1 Å². The van der Waals surface area contributed by atoms with E-state index in [1.807, 2.05) is 42.5 Å². The molecule has 1 N–H and O–H groups in total. The molecule has 0 aliphatic heterocycles. The largest absolute Gasteiger partial charge is 0.497 e. The number of hydrogen-bond donors (Lipinski definition) is 1. The van der Waals surface area contributed by atoms with Crippen LogP contribution in [0.5, 0.6) is 5.75 Å². The van der Waals surface area contributed by atoms with Crippen LogP contribution in [0.4, 0.5) is 11.4 Å². The van der Waals surface area contributed by atoms with Gasteiger partial charge in [-0.15, -0.1) is 0 Å². The highest BCUT2D eigenvalue weighted by Crippen LogP contribution is 2.31. The molecule has 1 aromatic heterocycles. The van der Waals surface area contributed by atoms with Crippen molar-refractivity contribution in [3.05, 3.63) is 58.7 Å². The Balaban J connectivity index is 2.13. The minimum atomic E-state index is 0.501. The molecule has 0 aliphatic carbocycles. The monoisotopic (exact) mass is 353 g/mol. The third-order valence-electron chi connectivity index (χ3n) is 3.31. The zero-order chi connectivity index (χ0) is 15.5. The summed E-state index contributed by atoms with van der Waals surface area (Å²) in [6, 6.07) is 15.6. The SMILES string of the molecule is COc1ccc2c(Nc3ccc(Br)cc3)c(C#N)cnc2c1. The van der Waals surface area contributed by atoms with Crippen LogP contribution in [0.3, 0.4) is 0 Å². The molecule has 0 bridgehead atoms. The molecular formula is C17H12BrN3O. The Hall–Kier alpha value is -2.58. The lowest BCUT2D eigenvalue weighted by atomic mass is 10.1. The van der Waals surface area contributed by atoms with E-state index in [1.165, 1.54) is 0 Å². The van der Waals surface area contributed by atoms with Crippen LogP contribution in [0, 0.1) is 11.3 Å². The van der Waals surface area contributed by atoms with E-state index in [1.54, 1.807) is 13.3 Å². The first-order valence-electron chi connectivity index (χ1n) is 6.60. The highest BCUT2D eigenvalue weighted by molar-refractivity contribution is 9.10. The smallest absolute Gasteiger partial charge is 0.121 e. The molecule has 0 spiro atoms. The van der Waals surface area contributed by atoms with Gasteiger partial charge in [-0.05, 0) is 36.4 Å². The first-order chi connectivity index (χ1) is 10.7. The van der Waals surface area contributed by atoms with Crippen molar-refractivity contribution in [1.29, 1.82) is 5.26 Å². The molecule has 0 atom stereocenters. The van der Waals surface area contributed by atoms with Crippen LogP contribution in [0.2, 0.25) is 0 Å². The van der Waals surface area contributed by atoms with Crippen molar-refractivity contribution in [1.82, 2.24) is 4.98 Å². The number of aromatic nitrogens is 1. The predicted octanol–water partition coefficient (Wildman–Crippen LogP) is 4.62. The van der Waals surface area contributed by atoms with Crippen molar-refractivity contribution in [2.24, 2.45) is 0 Å². The van der Waals surface area contributed by atoms with Crippen LogP contribution < -0.4 is 10.1 Å². The van der Waals surface area contributed by atoms with Gasteiger partial charge in [0.15, 0.2) is 0 Å². The van der Waals surface area contributed by atoms with Crippen LogP contribution in [0.1, 0.15) is 5.56 Å². The number of hydrogen-bond acceptors (Lipinski definition) is 4. The highest BCUT2D eigenvalue weighted by Gasteiger charge is 2.10. The number of fused-ring (bicyclic) bond motifs is 1. The van der Waals surface area contributed by atoms with Crippen molar-refractivity contribution >= 4 is 38.2 Å². The summed E-state index contributed by atoms with van der Waals surface area (Å²) in [5.74, 6) is 0.735. The molecule has 0 saturated carbocycles. The average molecular weight is 354 g/mol. The van der Waals surface area contributed by atoms with E-state index >= 15 is 0 Å². The van der Waals surface area contributed by atoms with E-state index in [0.717, 1.165) is 32.5 Å². The van der Waals surface area contributed by atoms with Gasteiger partial charge in [0.1, 0.15) is 11.8 Å². The van der Waals surface area contributed by atoms with Gasteiger partial charge in [-0.25, -0.2) is 0 Å². The number of anilines is 2. The number of ether oxygens (including phenoxy) is 1. The number of nitrogens with one attached hydrogen (secondary N) is 1. The lowest BCUT2D eigenvalue weighted by Gasteiger charge is -2.12. The van der Waals surface area contributed by atoms with Crippen molar-refractivity contribution in [3.8, 4) is 11.8 Å². The number of rotatable bonds is 3. The maximum Gasteiger partial charge on any atom is 0.121 e. The molecule has 2 aromatic carbocycles. The molecular weight excluding hydrogens is 342 g/mol. The van der Waals surface area contributed by atoms with Gasteiger partial charge in [-0.2, -0.15) is 5.26 Å². The summed E-state index contributed by atoms with van der Waals surface area (Å²) in [5, 5.41) is 13.5. The van der Waals surface area contributed by atoms with E-state index in [9.17, 15) is 5.26 Å². The fourth-order valence-corrected chi connectivity index (χ4v) is 2.46. The Bertz CT molecular complexity index is 869. The van der Waals surface area contributed by atoms with E-state index in [-0.39, 0.29) is 0 Å². The van der Waals surface area contributed by atoms with Crippen LogP contribution >= 0.6 is 15.9 Å². The molecule has 0 radical (unpaired) electrons. The first-order valence-corrected chi connectivity index (χ1v) is 7.40. The molecule has 1 heterocycles. The van der Waals surface area contributed by atoms with Crippen LogP contribution in [-0.2, 0) is 0 Å². The Kier molecular flexibility index (Phi) is 3.94. The number of nitriles is 1. The normalized spacial score (nSPS) is 10.2. The topological polar surface area (TPSA) is 57.9 Å². The van der Waals surface area contributed by atoms with Gasteiger partial charge in [0, 0.05) is 27.8 Å². The number of pyridine rings is 1. The molecule has 108 valence electrons. The van der Waals surface area contributed by atoms with Crippen molar-refractivity contribution in [2.75, 3.05) is 12.4 Å². The summed E-state index contributed by atoms with van der Waals surface area (Å²) in [4.78, 5) is 4.33. The summed E-state index contributed by atoms with van der Waals surface area (Å²) >= 11 is 3.41. The average Bonchev–Trinajstić information content (AvgIpc) is 2.56. The number of methoxy groups -OCH3 is 1. The van der Waals surface area contributed by atoms with Crippen molar-refractivity contribution in [2.45, 2.75) is 0 Å². The number of halogens is 1. The third-order valence-corrected chi connectivity index (χ3v) is 3.84. The van der Waals surface area contributed by atoms with Gasteiger partial charge in [-0.3, -0.25) is 4.98 Å². The van der Waals surface area contributed by atoms with Crippen molar-refractivity contribution in [3.63, 3.8) is 0 Å². The highest BCUT2D eigenvalue weighted by atomic mass is 79.9. The van der Waals surface area contributed by atoms with E-state index in [4.69, 9.17) is 4.74 Å². The summed E-state index contributed by atoms with van der Waals surface area (Å²) in [6.45, 7) is 0. The second kappa shape index (κ2) is 6.04. The van der Waals surface area contributed by atoms with Gasteiger partial charge >= 0.3 is 0 Å². The van der Waals surface area contributed by atoms with Gasteiger partial charge in [0.2, 0.25) is 0 Å². The van der Waals surface area contributed by atoms with Crippen LogP contribution in [0.15, 0.2) is 53.1 Å². The minimum absolute atomic E-state index is 0.501. The molecule has 0 aliphatic rings. The fraction of sp³-hybridized carbons (Fsp3) is 0.0588. The second-order valence-electron chi connectivity index (χ2n) is 4.67. The lowest BCUT2D eigenvalue weighted by Crippen LogP contribution is -1.97. The minimum Gasteiger partial charge on any atom is -0.497 e. The van der Waals surface area contributed by atoms with Gasteiger partial charge < -0.3 is 10.1 Å². The first kappa shape index (κ1) is 14.4. The van der Waals surface area contributed by atoms with E-state index in [2.05, 4.69) is 32.3 Å². The molecule has 5 heteroatoms. The van der Waals surface area contributed by atoms with Crippen molar-refractivity contribution < 1.29 is 4.74 Å². The molecule has 0 fully saturated rings. The molecule has 0 saturated heterocycles. The zero-order valence-electron chi connectivity index (χ0n) is 11.8. The summed E-state index contributed by atoms with van der Waals surface area (Å²) in [5.41, 5.74) is 2.93. The van der Waals surface area contributed by atoms with Crippen LogP contribution in [0.25, 0.3) is 10.9 Å². The fourth-order valence-electron chi connectivity index (χ4n) is 2.20. The summed E-state index contributed by atoms with van der Waals surface area (Å²) in [7, 11) is 1.62. The molecule has 3 rings (SSSR count). The summed E-state index contributed by atoms with van der Waals surface area (Å²) in [6.07, 6.45) is 1.57. The maximum atomic E-state index is 9.34. The van der Waals surface area contributed by atoms with Gasteiger partial charge in [-0.1, -0.05) is 15.9 Å². The lowest BCUT2D eigenvalue weighted by molar-refractivity contribution is 0.415. The van der Waals surface area contributed by atoms with E-state index < -0.39 is 0 Å². The molecule has 22 heavy (non-hydrogen) atoms. The van der Waals surface area contributed by atoms with Gasteiger partial charge in [0.05, 0.1) is 23.9 Å². The molecule has 4 nitrogen and oxygen atoms in total. The Morgan fingerprint density at radius 2 is 1.95 bits per heavy atom. The molecule has 0 unspecified atom stereocenters. The summed E-state index contributed by atoms with van der Waals surface area (Å²) < 4.78 is 6.22. The Labute approximate surface area is 136 Å². The van der Waals surface area contributed by atoms with E-state index in [0.29, 0.717) is 5.56 Å². The quantitative estimate of drug-likeness (QED) is 0.746. The second-order valence-corrected chi connectivity index (χ2v) is 5.59. The maximum absolute atomic E-state index is 9.34. The number of benzene rings is 2. The molecule has 3 aromatic rings. The third kappa shape index (κ3) is 2.74.